The highest BCUT2D eigenvalue weighted by molar-refractivity contribution is 5.81. The third-order valence-corrected chi connectivity index (χ3v) is 4.73. The summed E-state index contributed by atoms with van der Waals surface area (Å²) in [6, 6.07) is 28.4. The molecule has 0 amide bonds. The van der Waals surface area contributed by atoms with Crippen LogP contribution in [0.3, 0.4) is 0 Å². The molecular formula is C25H19N5O3. The fraction of sp³-hybridized carbons (Fsp3) is 0.0400. The molecule has 8 heteroatoms. The Hall–Kier alpha value is -4.72. The van der Waals surface area contributed by atoms with Gasteiger partial charge in [0.25, 0.3) is 5.69 Å². The molecule has 33 heavy (non-hydrogen) atoms. The van der Waals surface area contributed by atoms with E-state index < -0.39 is 4.92 Å². The van der Waals surface area contributed by atoms with Crippen molar-refractivity contribution in [1.29, 1.82) is 0 Å². The molecule has 0 radical (unpaired) electrons. The van der Waals surface area contributed by atoms with E-state index in [1.165, 1.54) is 13.2 Å². The van der Waals surface area contributed by atoms with Crippen LogP contribution in [0.5, 0.6) is 5.75 Å². The lowest BCUT2D eigenvalue weighted by atomic mass is 10.0. The van der Waals surface area contributed by atoms with Gasteiger partial charge in [-0.05, 0) is 48.5 Å². The second-order valence-electron chi connectivity index (χ2n) is 6.91. The lowest BCUT2D eigenvalue weighted by Gasteiger charge is -2.10. The van der Waals surface area contributed by atoms with Crippen molar-refractivity contribution in [1.82, 2.24) is 0 Å². The number of azo groups is 2. The zero-order valence-electron chi connectivity index (χ0n) is 17.7. The van der Waals surface area contributed by atoms with Gasteiger partial charge in [0.05, 0.1) is 40.3 Å². The first-order valence-corrected chi connectivity index (χ1v) is 10.0. The van der Waals surface area contributed by atoms with Crippen molar-refractivity contribution in [2.75, 3.05) is 7.11 Å². The van der Waals surface area contributed by atoms with Crippen molar-refractivity contribution in [3.63, 3.8) is 0 Å². The molecule has 4 rings (SSSR count). The topological polar surface area (TPSA) is 102 Å². The molecule has 0 heterocycles. The van der Waals surface area contributed by atoms with E-state index in [4.69, 9.17) is 4.74 Å². The Bertz CT molecular complexity index is 1320. The second kappa shape index (κ2) is 10.1. The zero-order chi connectivity index (χ0) is 23.0. The van der Waals surface area contributed by atoms with Gasteiger partial charge >= 0.3 is 0 Å². The number of nitrogens with zero attached hydrogens (tertiary/aromatic N) is 5. The van der Waals surface area contributed by atoms with E-state index in [1.54, 1.807) is 42.5 Å². The molecular weight excluding hydrogens is 418 g/mol. The first-order chi connectivity index (χ1) is 16.1. The number of nitro groups is 1. The van der Waals surface area contributed by atoms with Gasteiger partial charge in [-0.3, -0.25) is 10.1 Å². The van der Waals surface area contributed by atoms with Crippen LogP contribution < -0.4 is 4.74 Å². The van der Waals surface area contributed by atoms with E-state index in [-0.39, 0.29) is 5.69 Å². The maximum Gasteiger partial charge on any atom is 0.279 e. The van der Waals surface area contributed by atoms with Crippen LogP contribution >= 0.6 is 0 Å². The number of nitro benzene ring substituents is 1. The quantitative estimate of drug-likeness (QED) is 0.166. The van der Waals surface area contributed by atoms with E-state index in [9.17, 15) is 10.1 Å². The Morgan fingerprint density at radius 3 is 1.64 bits per heavy atom. The first kappa shape index (κ1) is 21.5. The fourth-order valence-corrected chi connectivity index (χ4v) is 3.15. The van der Waals surface area contributed by atoms with Crippen LogP contribution in [-0.2, 0) is 0 Å². The van der Waals surface area contributed by atoms with Crippen molar-refractivity contribution >= 4 is 28.4 Å². The number of hydrogen-bond donors (Lipinski definition) is 0. The maximum atomic E-state index is 11.8. The van der Waals surface area contributed by atoms with Gasteiger partial charge in [0.1, 0.15) is 5.75 Å². The summed E-state index contributed by atoms with van der Waals surface area (Å²) >= 11 is 0. The van der Waals surface area contributed by atoms with Crippen LogP contribution in [0, 0.1) is 10.1 Å². The van der Waals surface area contributed by atoms with Crippen LogP contribution in [0.25, 0.3) is 11.1 Å². The Morgan fingerprint density at radius 1 is 0.636 bits per heavy atom. The van der Waals surface area contributed by atoms with E-state index in [2.05, 4.69) is 20.5 Å². The first-order valence-electron chi connectivity index (χ1n) is 10.0. The minimum Gasteiger partial charge on any atom is -0.496 e. The van der Waals surface area contributed by atoms with Gasteiger partial charge in [-0.2, -0.15) is 20.5 Å². The summed E-state index contributed by atoms with van der Waals surface area (Å²) in [6.45, 7) is 0. The molecule has 0 aromatic heterocycles. The molecule has 8 nitrogen and oxygen atoms in total. The molecule has 0 saturated heterocycles. The number of hydrogen-bond acceptors (Lipinski definition) is 7. The second-order valence-corrected chi connectivity index (χ2v) is 6.91. The third-order valence-electron chi connectivity index (χ3n) is 4.73. The molecule has 0 aliphatic rings. The maximum absolute atomic E-state index is 11.8. The Morgan fingerprint density at radius 2 is 1.12 bits per heavy atom. The van der Waals surface area contributed by atoms with Gasteiger partial charge in [-0.15, -0.1) is 0 Å². The molecule has 0 atom stereocenters. The predicted molar refractivity (Wildman–Crippen MR) is 126 cm³/mol. The smallest absolute Gasteiger partial charge is 0.279 e. The molecule has 0 aliphatic carbocycles. The zero-order valence-corrected chi connectivity index (χ0v) is 17.7. The van der Waals surface area contributed by atoms with Gasteiger partial charge in [-0.1, -0.05) is 36.4 Å². The molecule has 4 aromatic carbocycles. The summed E-state index contributed by atoms with van der Waals surface area (Å²) in [5, 5.41) is 28.5. The summed E-state index contributed by atoms with van der Waals surface area (Å²) in [4.78, 5) is 11.4. The lowest BCUT2D eigenvalue weighted by molar-refractivity contribution is -0.384. The monoisotopic (exact) mass is 437 g/mol. The minimum absolute atomic E-state index is 0.100. The minimum atomic E-state index is -0.445. The Balaban J connectivity index is 1.66. The third kappa shape index (κ3) is 5.31. The van der Waals surface area contributed by atoms with Gasteiger partial charge in [0.2, 0.25) is 0 Å². The molecule has 0 bridgehead atoms. The Kier molecular flexibility index (Phi) is 6.56. The van der Waals surface area contributed by atoms with E-state index in [1.807, 2.05) is 48.5 Å². The summed E-state index contributed by atoms with van der Waals surface area (Å²) in [7, 11) is 1.51. The average molecular weight is 437 g/mol. The van der Waals surface area contributed by atoms with E-state index >= 15 is 0 Å². The highest BCUT2D eigenvalue weighted by Gasteiger charge is 2.19. The van der Waals surface area contributed by atoms with Crippen LogP contribution in [0.2, 0.25) is 0 Å². The van der Waals surface area contributed by atoms with Crippen LogP contribution in [-0.4, -0.2) is 12.0 Å². The molecule has 4 aromatic rings. The molecule has 0 N–H and O–H groups in total. The number of rotatable bonds is 7. The molecule has 0 aliphatic heterocycles. The fourth-order valence-electron chi connectivity index (χ4n) is 3.15. The number of ether oxygens (including phenoxy) is 1. The van der Waals surface area contributed by atoms with Crippen molar-refractivity contribution < 1.29 is 9.66 Å². The molecule has 0 spiro atoms. The van der Waals surface area contributed by atoms with Gasteiger partial charge in [0.15, 0.2) is 0 Å². The highest BCUT2D eigenvalue weighted by atomic mass is 16.6. The number of benzene rings is 4. The molecule has 0 unspecified atom stereocenters. The van der Waals surface area contributed by atoms with Crippen LogP contribution in [0.15, 0.2) is 118 Å². The lowest BCUT2D eigenvalue weighted by Crippen LogP contribution is -1.94. The Labute approximate surface area is 190 Å². The van der Waals surface area contributed by atoms with E-state index in [0.29, 0.717) is 33.9 Å². The normalized spacial score (nSPS) is 11.2. The highest BCUT2D eigenvalue weighted by Crippen LogP contribution is 2.40. The van der Waals surface area contributed by atoms with Crippen LogP contribution in [0.4, 0.5) is 28.4 Å². The SMILES string of the molecule is COc1cc(N=Nc2ccccc2)ccc1-c1ccc(N=Nc2ccccc2)cc1[N+](=O)[O-]. The molecule has 0 fully saturated rings. The van der Waals surface area contributed by atoms with Crippen LogP contribution in [0.1, 0.15) is 0 Å². The molecule has 0 saturated carbocycles. The van der Waals surface area contributed by atoms with E-state index in [0.717, 1.165) is 5.69 Å². The van der Waals surface area contributed by atoms with Crippen molar-refractivity contribution in [2.24, 2.45) is 20.5 Å². The molecule has 162 valence electrons. The predicted octanol–water partition coefficient (Wildman–Crippen LogP) is 8.10. The summed E-state index contributed by atoms with van der Waals surface area (Å²) in [5.41, 5.74) is 3.19. The largest absolute Gasteiger partial charge is 0.496 e. The summed E-state index contributed by atoms with van der Waals surface area (Å²) in [6.07, 6.45) is 0. The summed E-state index contributed by atoms with van der Waals surface area (Å²) in [5.74, 6) is 0.446. The average Bonchev–Trinajstić information content (AvgIpc) is 2.87. The van der Waals surface area contributed by atoms with Crippen molar-refractivity contribution in [3.8, 4) is 16.9 Å². The van der Waals surface area contributed by atoms with Crippen molar-refractivity contribution in [3.05, 3.63) is 107 Å². The number of methoxy groups -OCH3 is 1. The van der Waals surface area contributed by atoms with Gasteiger partial charge < -0.3 is 4.74 Å². The standard InChI is InChI=1S/C25H19N5O3/c1-33-25-17-21(29-27-19-10-6-3-7-11-19)13-15-23(25)22-14-12-20(16-24(22)30(31)32)28-26-18-8-4-2-5-9-18/h2-17H,1H3. The van der Waals surface area contributed by atoms with Gasteiger partial charge in [0, 0.05) is 17.7 Å². The van der Waals surface area contributed by atoms with Gasteiger partial charge in [-0.25, -0.2) is 0 Å². The summed E-state index contributed by atoms with van der Waals surface area (Å²) < 4.78 is 5.50. The van der Waals surface area contributed by atoms with Crippen molar-refractivity contribution in [2.45, 2.75) is 0 Å².